The average Bonchev–Trinajstić information content (AvgIpc) is 3.00. The number of hydrogen-bond donors (Lipinski definition) is 2. The molecule has 5 nitrogen and oxygen atoms in total. The van der Waals surface area contributed by atoms with E-state index in [0.29, 0.717) is 18.0 Å². The van der Waals surface area contributed by atoms with Crippen molar-refractivity contribution in [3.05, 3.63) is 65.2 Å². The van der Waals surface area contributed by atoms with Crippen molar-refractivity contribution in [3.8, 4) is 17.1 Å². The van der Waals surface area contributed by atoms with Crippen LogP contribution in [-0.4, -0.2) is 38.6 Å². The number of halogens is 1. The number of nitrogens with one attached hydrogen (secondary N) is 1. The van der Waals surface area contributed by atoms with Crippen LogP contribution < -0.4 is 4.90 Å². The third kappa shape index (κ3) is 3.85. The van der Waals surface area contributed by atoms with Crippen molar-refractivity contribution < 1.29 is 14.4 Å². The summed E-state index contributed by atoms with van der Waals surface area (Å²) in [5, 5.41) is 14.7. The lowest BCUT2D eigenvalue weighted by Gasteiger charge is -2.26. The summed E-state index contributed by atoms with van der Waals surface area (Å²) in [6.45, 7) is 2.29. The second kappa shape index (κ2) is 7.72. The van der Waals surface area contributed by atoms with Crippen LogP contribution in [0.5, 0.6) is 0 Å². The van der Waals surface area contributed by atoms with E-state index < -0.39 is 0 Å². The van der Waals surface area contributed by atoms with Crippen LogP contribution in [-0.2, 0) is 6.67 Å². The van der Waals surface area contributed by atoms with E-state index in [-0.39, 0.29) is 11.9 Å². The minimum absolute atomic E-state index is 0.268. The Morgan fingerprint density at radius 3 is 2.59 bits per heavy atom. The maximum atomic E-state index is 13.4. The Kier molecular flexibility index (Phi) is 5.15. The number of benzene rings is 2. The van der Waals surface area contributed by atoms with Gasteiger partial charge >= 0.3 is 0 Å². The number of hydrogen-bond acceptors (Lipinski definition) is 3. The van der Waals surface area contributed by atoms with Crippen molar-refractivity contribution in [1.82, 2.24) is 14.3 Å². The average molecular weight is 385 g/mol. The predicted octanol–water partition coefficient (Wildman–Crippen LogP) is 2.21. The first-order valence-electron chi connectivity index (χ1n) is 9.14. The molecule has 0 amide bonds. The maximum Gasteiger partial charge on any atom is 0.207 e. The molecule has 1 aliphatic heterocycles. The number of aromatic nitrogens is 3. The van der Waals surface area contributed by atoms with Gasteiger partial charge in [0.1, 0.15) is 18.5 Å². The molecule has 3 aromatic rings. The molecule has 0 aliphatic carbocycles. The molecule has 2 aromatic carbocycles. The standard InChI is InChI=1S/C20H21FN4OS/c21-16-8-10-17(11-9-16)25-19(15-5-2-1-3-6-15)22-24(20(25)27)14-23-12-4-7-18(26)13-23/h1-3,5-6,8-11,18,26H,4,7,12-14H2/p+1/t18-/m1/s1. The Morgan fingerprint density at radius 2 is 1.89 bits per heavy atom. The lowest BCUT2D eigenvalue weighted by molar-refractivity contribution is -0.931. The van der Waals surface area contributed by atoms with Crippen LogP contribution in [0.25, 0.3) is 17.1 Å². The van der Waals surface area contributed by atoms with Crippen molar-refractivity contribution in [1.29, 1.82) is 0 Å². The number of nitrogens with zero attached hydrogens (tertiary/aromatic N) is 3. The van der Waals surface area contributed by atoms with Crippen molar-refractivity contribution in [3.63, 3.8) is 0 Å². The molecule has 1 aromatic heterocycles. The van der Waals surface area contributed by atoms with Crippen LogP contribution in [0, 0.1) is 10.6 Å². The number of rotatable bonds is 4. The Labute approximate surface area is 162 Å². The molecular weight excluding hydrogens is 363 g/mol. The number of quaternary nitrogens is 1. The molecule has 1 fully saturated rings. The highest BCUT2D eigenvalue weighted by atomic mass is 32.1. The smallest absolute Gasteiger partial charge is 0.207 e. The molecular formula is C20H22FN4OS+. The first-order valence-corrected chi connectivity index (χ1v) is 9.55. The summed E-state index contributed by atoms with van der Waals surface area (Å²) in [6.07, 6.45) is 1.58. The summed E-state index contributed by atoms with van der Waals surface area (Å²) in [5.74, 6) is 0.440. The fourth-order valence-electron chi connectivity index (χ4n) is 3.59. The first kappa shape index (κ1) is 18.0. The van der Waals surface area contributed by atoms with Crippen molar-refractivity contribution >= 4 is 12.2 Å². The molecule has 27 heavy (non-hydrogen) atoms. The molecule has 140 valence electrons. The van der Waals surface area contributed by atoms with E-state index in [0.717, 1.165) is 36.5 Å². The predicted molar refractivity (Wildman–Crippen MR) is 104 cm³/mol. The van der Waals surface area contributed by atoms with E-state index in [1.54, 1.807) is 12.1 Å². The van der Waals surface area contributed by atoms with E-state index in [1.807, 2.05) is 39.6 Å². The minimum Gasteiger partial charge on any atom is -0.387 e. The second-order valence-corrected chi connectivity index (χ2v) is 7.31. The molecule has 2 heterocycles. The number of piperidine rings is 1. The van der Waals surface area contributed by atoms with Gasteiger partial charge in [0.15, 0.2) is 12.5 Å². The van der Waals surface area contributed by atoms with Crippen LogP contribution in [0.4, 0.5) is 4.39 Å². The van der Waals surface area contributed by atoms with E-state index in [9.17, 15) is 9.50 Å². The van der Waals surface area contributed by atoms with E-state index in [1.165, 1.54) is 17.0 Å². The summed E-state index contributed by atoms with van der Waals surface area (Å²) in [5.41, 5.74) is 1.72. The maximum absolute atomic E-state index is 13.4. The van der Waals surface area contributed by atoms with Gasteiger partial charge in [-0.05, 0) is 49.3 Å². The minimum atomic E-state index is -0.286. The van der Waals surface area contributed by atoms with E-state index >= 15 is 0 Å². The Bertz CT molecular complexity index is 968. The Morgan fingerprint density at radius 1 is 1.15 bits per heavy atom. The van der Waals surface area contributed by atoms with Crippen LogP contribution in [0.3, 0.4) is 0 Å². The van der Waals surface area contributed by atoms with E-state index in [4.69, 9.17) is 17.3 Å². The van der Waals surface area contributed by atoms with Gasteiger partial charge in [0.2, 0.25) is 4.77 Å². The fourth-order valence-corrected chi connectivity index (χ4v) is 3.89. The monoisotopic (exact) mass is 385 g/mol. The molecule has 1 unspecified atom stereocenters. The second-order valence-electron chi connectivity index (χ2n) is 6.94. The molecule has 0 bridgehead atoms. The summed E-state index contributed by atoms with van der Waals surface area (Å²) in [6, 6.07) is 16.1. The molecule has 0 radical (unpaired) electrons. The van der Waals surface area contributed by atoms with Crippen molar-refractivity contribution in [2.24, 2.45) is 0 Å². The zero-order valence-corrected chi connectivity index (χ0v) is 15.7. The topological polar surface area (TPSA) is 47.4 Å². The SMILES string of the molecule is O[C@@H]1CCC[NH+](Cn2nc(-c3ccccc3)n(-c3ccc(F)cc3)c2=S)C1. The van der Waals surface area contributed by atoms with Gasteiger partial charge in [0, 0.05) is 5.56 Å². The fraction of sp³-hybridized carbons (Fsp3) is 0.300. The van der Waals surface area contributed by atoms with Gasteiger partial charge in [0.05, 0.1) is 12.2 Å². The van der Waals surface area contributed by atoms with Gasteiger partial charge in [-0.3, -0.25) is 4.57 Å². The van der Waals surface area contributed by atoms with Gasteiger partial charge in [0.25, 0.3) is 0 Å². The lowest BCUT2D eigenvalue weighted by atomic mass is 10.1. The van der Waals surface area contributed by atoms with Gasteiger partial charge in [-0.15, -0.1) is 5.10 Å². The number of aliphatic hydroxyl groups is 1. The van der Waals surface area contributed by atoms with Crippen molar-refractivity contribution in [2.45, 2.75) is 25.6 Å². The molecule has 2 N–H and O–H groups in total. The molecule has 2 atom stereocenters. The summed E-state index contributed by atoms with van der Waals surface area (Å²) in [4.78, 5) is 1.26. The molecule has 4 rings (SSSR count). The zero-order valence-electron chi connectivity index (χ0n) is 14.9. The van der Waals surface area contributed by atoms with Gasteiger partial charge in [-0.25, -0.2) is 4.39 Å². The largest absolute Gasteiger partial charge is 0.387 e. The summed E-state index contributed by atoms with van der Waals surface area (Å²) in [7, 11) is 0. The van der Waals surface area contributed by atoms with Gasteiger partial charge in [-0.2, -0.15) is 4.68 Å². The van der Waals surface area contributed by atoms with Crippen LogP contribution in [0.15, 0.2) is 54.6 Å². The quantitative estimate of drug-likeness (QED) is 0.677. The summed E-state index contributed by atoms with van der Waals surface area (Å²) < 4.78 is 17.6. The van der Waals surface area contributed by atoms with Crippen LogP contribution in [0.2, 0.25) is 0 Å². The highest BCUT2D eigenvalue weighted by molar-refractivity contribution is 7.71. The van der Waals surface area contributed by atoms with E-state index in [2.05, 4.69) is 0 Å². The molecule has 1 saturated heterocycles. The van der Waals surface area contributed by atoms with Crippen LogP contribution >= 0.6 is 12.2 Å². The highest BCUT2D eigenvalue weighted by Crippen LogP contribution is 2.22. The van der Waals surface area contributed by atoms with Crippen LogP contribution in [0.1, 0.15) is 12.8 Å². The Hall–Kier alpha value is -2.35. The number of likely N-dealkylation sites (tertiary alicyclic amines) is 1. The zero-order chi connectivity index (χ0) is 18.8. The highest BCUT2D eigenvalue weighted by Gasteiger charge is 2.23. The number of aliphatic hydroxyl groups excluding tert-OH is 1. The first-order chi connectivity index (χ1) is 13.1. The third-order valence-corrected chi connectivity index (χ3v) is 5.31. The third-order valence-electron chi connectivity index (χ3n) is 4.92. The van der Waals surface area contributed by atoms with Gasteiger partial charge in [-0.1, -0.05) is 30.3 Å². The molecule has 1 aliphatic rings. The Balaban J connectivity index is 1.77. The molecule has 0 saturated carbocycles. The summed E-state index contributed by atoms with van der Waals surface area (Å²) >= 11 is 5.72. The molecule has 7 heteroatoms. The normalized spacial score (nSPS) is 19.9. The van der Waals surface area contributed by atoms with Gasteiger partial charge < -0.3 is 10.0 Å². The lowest BCUT2D eigenvalue weighted by Crippen LogP contribution is -3.13. The molecule has 0 spiro atoms. The van der Waals surface area contributed by atoms with Crippen molar-refractivity contribution in [2.75, 3.05) is 13.1 Å².